The highest BCUT2D eigenvalue weighted by Crippen LogP contribution is 2.19. The lowest BCUT2D eigenvalue weighted by molar-refractivity contribution is 0.0557. The molecule has 0 aliphatic rings. The minimum Gasteiger partial charge on any atom is -0.463 e. The number of carbonyl (C=O) groups excluding carboxylic acids is 1. The van der Waals surface area contributed by atoms with Gasteiger partial charge in [0, 0.05) is 5.75 Å². The lowest BCUT2D eigenvalue weighted by atomic mass is 10.3. The summed E-state index contributed by atoms with van der Waals surface area (Å²) in [5.41, 5.74) is 0. The van der Waals surface area contributed by atoms with Gasteiger partial charge in [-0.3, -0.25) is 0 Å². The fourth-order valence-corrected chi connectivity index (χ4v) is 1.46. The van der Waals surface area contributed by atoms with Crippen LogP contribution in [0.2, 0.25) is 0 Å². The highest BCUT2D eigenvalue weighted by atomic mass is 32.2. The third-order valence-electron chi connectivity index (χ3n) is 1.67. The van der Waals surface area contributed by atoms with E-state index in [0.717, 1.165) is 0 Å². The zero-order valence-electron chi connectivity index (χ0n) is 8.02. The molecule has 78 valence electrons. The van der Waals surface area contributed by atoms with Crippen LogP contribution >= 0.6 is 11.8 Å². The SMILES string of the molecule is COC(=O)c1ccc(C(O)CSC)o1. The number of methoxy groups -OCH3 is 1. The molecule has 1 atom stereocenters. The summed E-state index contributed by atoms with van der Waals surface area (Å²) < 4.78 is 9.58. The Bertz CT molecular complexity index is 308. The van der Waals surface area contributed by atoms with Crippen molar-refractivity contribution in [1.29, 1.82) is 0 Å². The molecule has 0 aliphatic heterocycles. The molecule has 0 saturated heterocycles. The van der Waals surface area contributed by atoms with Crippen molar-refractivity contribution < 1.29 is 19.1 Å². The highest BCUT2D eigenvalue weighted by Gasteiger charge is 2.15. The molecule has 0 bridgehead atoms. The van der Waals surface area contributed by atoms with E-state index < -0.39 is 12.1 Å². The molecule has 0 amide bonds. The molecule has 0 radical (unpaired) electrons. The largest absolute Gasteiger partial charge is 0.463 e. The van der Waals surface area contributed by atoms with Crippen LogP contribution < -0.4 is 0 Å². The van der Waals surface area contributed by atoms with Crippen LogP contribution in [-0.4, -0.2) is 30.2 Å². The molecular formula is C9H12O4S. The average Bonchev–Trinajstić information content (AvgIpc) is 2.66. The van der Waals surface area contributed by atoms with Crippen LogP contribution in [0.5, 0.6) is 0 Å². The number of furan rings is 1. The number of hydrogen-bond donors (Lipinski definition) is 1. The van der Waals surface area contributed by atoms with E-state index in [4.69, 9.17) is 4.42 Å². The van der Waals surface area contributed by atoms with E-state index in [1.165, 1.54) is 24.9 Å². The molecule has 0 aliphatic carbocycles. The minimum atomic E-state index is -0.677. The Morgan fingerprint density at radius 3 is 3.00 bits per heavy atom. The van der Waals surface area contributed by atoms with Gasteiger partial charge < -0.3 is 14.3 Å². The Morgan fingerprint density at radius 2 is 2.43 bits per heavy atom. The first kappa shape index (κ1) is 11.1. The fraction of sp³-hybridized carbons (Fsp3) is 0.444. The van der Waals surface area contributed by atoms with Gasteiger partial charge in [-0.2, -0.15) is 11.8 Å². The van der Waals surface area contributed by atoms with Crippen molar-refractivity contribution in [1.82, 2.24) is 0 Å². The van der Waals surface area contributed by atoms with E-state index in [1.807, 2.05) is 6.26 Å². The van der Waals surface area contributed by atoms with Crippen molar-refractivity contribution in [3.63, 3.8) is 0 Å². The van der Waals surface area contributed by atoms with Crippen LogP contribution in [-0.2, 0) is 4.74 Å². The molecule has 1 heterocycles. The van der Waals surface area contributed by atoms with Crippen LogP contribution in [0.1, 0.15) is 22.4 Å². The van der Waals surface area contributed by atoms with E-state index in [-0.39, 0.29) is 5.76 Å². The van der Waals surface area contributed by atoms with Gasteiger partial charge in [-0.1, -0.05) is 0 Å². The first-order valence-corrected chi connectivity index (χ1v) is 5.43. The second-order valence-corrected chi connectivity index (χ2v) is 3.58. The average molecular weight is 216 g/mol. The molecule has 0 aromatic carbocycles. The van der Waals surface area contributed by atoms with Gasteiger partial charge in [0.05, 0.1) is 7.11 Å². The van der Waals surface area contributed by atoms with Gasteiger partial charge in [-0.15, -0.1) is 0 Å². The predicted octanol–water partition coefficient (Wildman–Crippen LogP) is 1.46. The minimum absolute atomic E-state index is 0.114. The lowest BCUT2D eigenvalue weighted by Crippen LogP contribution is -2.00. The molecule has 1 rings (SSSR count). The van der Waals surface area contributed by atoms with E-state index in [1.54, 1.807) is 6.07 Å². The number of aliphatic hydroxyl groups excluding tert-OH is 1. The summed E-state index contributed by atoms with van der Waals surface area (Å²) in [4.78, 5) is 11.0. The summed E-state index contributed by atoms with van der Waals surface area (Å²) >= 11 is 1.50. The second kappa shape index (κ2) is 5.07. The van der Waals surface area contributed by atoms with Gasteiger partial charge in [0.1, 0.15) is 11.9 Å². The van der Waals surface area contributed by atoms with Gasteiger partial charge in [0.15, 0.2) is 0 Å². The normalized spacial score (nSPS) is 12.5. The molecule has 1 N–H and O–H groups in total. The summed E-state index contributed by atoms with van der Waals surface area (Å²) in [5.74, 6) is 0.503. The van der Waals surface area contributed by atoms with Gasteiger partial charge >= 0.3 is 5.97 Å². The fourth-order valence-electron chi connectivity index (χ4n) is 0.982. The first-order chi connectivity index (χ1) is 6.69. The third-order valence-corrected chi connectivity index (χ3v) is 2.32. The van der Waals surface area contributed by atoms with Crippen molar-refractivity contribution in [3.05, 3.63) is 23.7 Å². The van der Waals surface area contributed by atoms with Crippen LogP contribution in [0, 0.1) is 0 Å². The molecule has 1 aromatic rings. The van der Waals surface area contributed by atoms with Gasteiger partial charge in [0.25, 0.3) is 0 Å². The molecule has 0 saturated carbocycles. The van der Waals surface area contributed by atoms with Crippen LogP contribution in [0.4, 0.5) is 0 Å². The second-order valence-electron chi connectivity index (χ2n) is 2.66. The Morgan fingerprint density at radius 1 is 1.71 bits per heavy atom. The van der Waals surface area contributed by atoms with E-state index in [2.05, 4.69) is 4.74 Å². The number of esters is 1. The maximum absolute atomic E-state index is 11.0. The molecule has 0 spiro atoms. The lowest BCUT2D eigenvalue weighted by Gasteiger charge is -2.04. The third kappa shape index (κ3) is 2.52. The molecular weight excluding hydrogens is 204 g/mol. The van der Waals surface area contributed by atoms with Crippen molar-refractivity contribution in [2.45, 2.75) is 6.10 Å². The molecule has 1 aromatic heterocycles. The molecule has 4 nitrogen and oxygen atoms in total. The van der Waals surface area contributed by atoms with Crippen LogP contribution in [0.25, 0.3) is 0 Å². The van der Waals surface area contributed by atoms with E-state index in [9.17, 15) is 9.90 Å². The topological polar surface area (TPSA) is 59.7 Å². The van der Waals surface area contributed by atoms with Gasteiger partial charge in [-0.25, -0.2) is 4.79 Å². The number of carbonyl (C=O) groups is 1. The predicted molar refractivity (Wildman–Crippen MR) is 53.4 cm³/mol. The maximum Gasteiger partial charge on any atom is 0.373 e. The Balaban J connectivity index is 2.72. The quantitative estimate of drug-likeness (QED) is 0.772. The summed E-state index contributed by atoms with van der Waals surface area (Å²) in [6.07, 6.45) is 1.20. The van der Waals surface area contributed by atoms with Crippen LogP contribution in [0.15, 0.2) is 16.5 Å². The van der Waals surface area contributed by atoms with Crippen LogP contribution in [0.3, 0.4) is 0 Å². The summed E-state index contributed by atoms with van der Waals surface area (Å²) in [6, 6.07) is 3.07. The van der Waals surface area contributed by atoms with Crippen molar-refractivity contribution in [2.75, 3.05) is 19.1 Å². The number of thioether (sulfide) groups is 1. The zero-order chi connectivity index (χ0) is 10.6. The summed E-state index contributed by atoms with van der Waals surface area (Å²) in [6.45, 7) is 0. The number of ether oxygens (including phenoxy) is 1. The number of rotatable bonds is 4. The molecule has 1 unspecified atom stereocenters. The number of hydrogen-bond acceptors (Lipinski definition) is 5. The van der Waals surface area contributed by atoms with Gasteiger partial charge in [0.2, 0.25) is 5.76 Å². The highest BCUT2D eigenvalue weighted by molar-refractivity contribution is 7.98. The number of aliphatic hydroxyl groups is 1. The van der Waals surface area contributed by atoms with Crippen molar-refractivity contribution in [3.8, 4) is 0 Å². The smallest absolute Gasteiger partial charge is 0.373 e. The Labute approximate surface area is 86.2 Å². The summed E-state index contributed by atoms with van der Waals surface area (Å²) in [7, 11) is 1.28. The Kier molecular flexibility index (Phi) is 4.03. The van der Waals surface area contributed by atoms with E-state index in [0.29, 0.717) is 11.5 Å². The maximum atomic E-state index is 11.0. The standard InChI is InChI=1S/C9H12O4S/c1-12-9(11)8-4-3-7(13-8)6(10)5-14-2/h3-4,6,10H,5H2,1-2H3. The molecule has 0 fully saturated rings. The van der Waals surface area contributed by atoms with Gasteiger partial charge in [-0.05, 0) is 18.4 Å². The zero-order valence-corrected chi connectivity index (χ0v) is 8.84. The summed E-state index contributed by atoms with van der Waals surface area (Å²) in [5, 5.41) is 9.52. The monoisotopic (exact) mass is 216 g/mol. The Hall–Kier alpha value is -0.940. The van der Waals surface area contributed by atoms with Crippen molar-refractivity contribution in [2.24, 2.45) is 0 Å². The van der Waals surface area contributed by atoms with Crippen molar-refractivity contribution >= 4 is 17.7 Å². The van der Waals surface area contributed by atoms with E-state index >= 15 is 0 Å². The first-order valence-electron chi connectivity index (χ1n) is 4.04. The molecule has 14 heavy (non-hydrogen) atoms. The molecule has 5 heteroatoms.